The second kappa shape index (κ2) is 10.6. The number of aryl methyl sites for hydroxylation is 2. The molecule has 2 N–H and O–H groups in total. The average molecular weight is 444 g/mol. The quantitative estimate of drug-likeness (QED) is 0.407. The third-order valence-electron chi connectivity index (χ3n) is 3.43. The molecule has 1 aromatic carbocycles. The van der Waals surface area contributed by atoms with Crippen LogP contribution in [0.1, 0.15) is 28.1 Å². The van der Waals surface area contributed by atoms with E-state index in [9.17, 15) is 0 Å². The van der Waals surface area contributed by atoms with Crippen molar-refractivity contribution in [3.63, 3.8) is 0 Å². The maximum atomic E-state index is 4.66. The predicted octanol–water partition coefficient (Wildman–Crippen LogP) is 3.54. The highest BCUT2D eigenvalue weighted by molar-refractivity contribution is 14.0. The molecule has 0 atom stereocenters. The summed E-state index contributed by atoms with van der Waals surface area (Å²) in [5, 5.41) is 7.86. The maximum absolute atomic E-state index is 4.66. The van der Waals surface area contributed by atoms with E-state index in [0.717, 1.165) is 31.9 Å². The first-order valence-electron chi connectivity index (χ1n) is 7.66. The number of hydrogen-bond donors (Lipinski definition) is 2. The molecule has 0 saturated heterocycles. The van der Waals surface area contributed by atoms with Crippen molar-refractivity contribution in [2.24, 2.45) is 4.99 Å². The van der Waals surface area contributed by atoms with Crippen molar-refractivity contribution in [2.45, 2.75) is 33.2 Å². The van der Waals surface area contributed by atoms with Gasteiger partial charge in [-0.15, -0.1) is 35.3 Å². The van der Waals surface area contributed by atoms with E-state index in [4.69, 9.17) is 0 Å². The molecular formula is C17H25IN4S. The van der Waals surface area contributed by atoms with E-state index in [0.29, 0.717) is 0 Å². The van der Waals surface area contributed by atoms with Gasteiger partial charge in [0.1, 0.15) is 0 Å². The van der Waals surface area contributed by atoms with E-state index in [1.165, 1.54) is 21.1 Å². The van der Waals surface area contributed by atoms with Crippen LogP contribution in [0.25, 0.3) is 0 Å². The minimum absolute atomic E-state index is 0. The molecule has 0 unspecified atom stereocenters. The summed E-state index contributed by atoms with van der Waals surface area (Å²) in [5.74, 6) is 0.827. The lowest BCUT2D eigenvalue weighted by Crippen LogP contribution is -2.37. The fourth-order valence-electron chi connectivity index (χ4n) is 2.21. The molecule has 0 saturated carbocycles. The lowest BCUT2D eigenvalue weighted by Gasteiger charge is -2.11. The van der Waals surface area contributed by atoms with Gasteiger partial charge in [-0.2, -0.15) is 0 Å². The number of aliphatic imine (C=N–C) groups is 1. The SMILES string of the molecule is CCc1nc(CCNC(=NC)NCc2ccccc2)sc1C.I. The van der Waals surface area contributed by atoms with Gasteiger partial charge in [0, 0.05) is 31.4 Å². The number of hydrogen-bond acceptors (Lipinski definition) is 3. The minimum Gasteiger partial charge on any atom is -0.356 e. The molecule has 0 aliphatic carbocycles. The highest BCUT2D eigenvalue weighted by Crippen LogP contribution is 2.17. The second-order valence-electron chi connectivity index (χ2n) is 5.05. The molecule has 6 heteroatoms. The molecule has 0 aliphatic heterocycles. The summed E-state index contributed by atoms with van der Waals surface area (Å²) in [6, 6.07) is 10.3. The van der Waals surface area contributed by atoms with Crippen LogP contribution in [0.3, 0.4) is 0 Å². The van der Waals surface area contributed by atoms with Crippen LogP contribution in [-0.2, 0) is 19.4 Å². The fraction of sp³-hybridized carbons (Fsp3) is 0.412. The van der Waals surface area contributed by atoms with Gasteiger partial charge in [-0.1, -0.05) is 37.3 Å². The Bertz CT molecular complexity index is 610. The van der Waals surface area contributed by atoms with Gasteiger partial charge in [0.2, 0.25) is 0 Å². The number of rotatable bonds is 6. The summed E-state index contributed by atoms with van der Waals surface area (Å²) in [6.07, 6.45) is 1.94. The molecule has 4 nitrogen and oxygen atoms in total. The molecule has 2 rings (SSSR count). The van der Waals surface area contributed by atoms with Gasteiger partial charge >= 0.3 is 0 Å². The first-order chi connectivity index (χ1) is 10.7. The molecule has 2 aromatic rings. The zero-order valence-corrected chi connectivity index (χ0v) is 17.1. The number of aromatic nitrogens is 1. The Morgan fingerprint density at radius 1 is 1.22 bits per heavy atom. The number of halogens is 1. The van der Waals surface area contributed by atoms with Crippen LogP contribution >= 0.6 is 35.3 Å². The monoisotopic (exact) mass is 444 g/mol. The topological polar surface area (TPSA) is 49.3 Å². The summed E-state index contributed by atoms with van der Waals surface area (Å²) in [6.45, 7) is 5.91. The number of guanidine groups is 1. The van der Waals surface area contributed by atoms with Crippen molar-refractivity contribution >= 4 is 41.3 Å². The van der Waals surface area contributed by atoms with Crippen molar-refractivity contribution in [1.29, 1.82) is 0 Å². The highest BCUT2D eigenvalue weighted by Gasteiger charge is 2.06. The first kappa shape index (κ1) is 19.9. The van der Waals surface area contributed by atoms with Crippen LogP contribution in [0.4, 0.5) is 0 Å². The minimum atomic E-state index is 0. The first-order valence-corrected chi connectivity index (χ1v) is 8.48. The fourth-order valence-corrected chi connectivity index (χ4v) is 3.23. The molecule has 1 aromatic heterocycles. The Hall–Kier alpha value is -1.15. The van der Waals surface area contributed by atoms with Crippen LogP contribution in [-0.4, -0.2) is 24.5 Å². The van der Waals surface area contributed by atoms with Crippen LogP contribution in [0.2, 0.25) is 0 Å². The van der Waals surface area contributed by atoms with Crippen LogP contribution in [0.5, 0.6) is 0 Å². The van der Waals surface area contributed by atoms with Crippen molar-refractivity contribution in [3.8, 4) is 0 Å². The third-order valence-corrected chi connectivity index (χ3v) is 4.50. The summed E-state index contributed by atoms with van der Waals surface area (Å²) >= 11 is 1.80. The lowest BCUT2D eigenvalue weighted by molar-refractivity contribution is 0.789. The largest absolute Gasteiger partial charge is 0.356 e. The maximum Gasteiger partial charge on any atom is 0.191 e. The second-order valence-corrected chi connectivity index (χ2v) is 6.34. The van der Waals surface area contributed by atoms with Gasteiger partial charge in [-0.05, 0) is 18.9 Å². The van der Waals surface area contributed by atoms with E-state index in [1.807, 2.05) is 18.2 Å². The Morgan fingerprint density at radius 3 is 2.57 bits per heavy atom. The third kappa shape index (κ3) is 6.47. The van der Waals surface area contributed by atoms with Gasteiger partial charge in [-0.25, -0.2) is 4.98 Å². The van der Waals surface area contributed by atoms with E-state index in [1.54, 1.807) is 18.4 Å². The van der Waals surface area contributed by atoms with Crippen molar-refractivity contribution in [1.82, 2.24) is 15.6 Å². The van der Waals surface area contributed by atoms with Crippen LogP contribution < -0.4 is 10.6 Å². The highest BCUT2D eigenvalue weighted by atomic mass is 127. The lowest BCUT2D eigenvalue weighted by atomic mass is 10.2. The van der Waals surface area contributed by atoms with E-state index in [2.05, 4.69) is 46.6 Å². The number of nitrogens with zero attached hydrogens (tertiary/aromatic N) is 2. The Kier molecular flexibility index (Phi) is 9.16. The summed E-state index contributed by atoms with van der Waals surface area (Å²) in [5.41, 5.74) is 2.47. The molecule has 23 heavy (non-hydrogen) atoms. The molecule has 0 aliphatic rings. The van der Waals surface area contributed by atoms with Crippen molar-refractivity contribution in [3.05, 3.63) is 51.5 Å². The summed E-state index contributed by atoms with van der Waals surface area (Å²) in [7, 11) is 1.79. The molecule has 0 fully saturated rings. The van der Waals surface area contributed by atoms with Crippen molar-refractivity contribution < 1.29 is 0 Å². The smallest absolute Gasteiger partial charge is 0.191 e. The Balaban J connectivity index is 0.00000264. The molecule has 0 radical (unpaired) electrons. The number of benzene rings is 1. The molecule has 1 heterocycles. The van der Waals surface area contributed by atoms with Crippen LogP contribution in [0.15, 0.2) is 35.3 Å². The van der Waals surface area contributed by atoms with Gasteiger partial charge in [0.05, 0.1) is 10.7 Å². The Labute approximate surface area is 159 Å². The van der Waals surface area contributed by atoms with E-state index in [-0.39, 0.29) is 24.0 Å². The molecule has 0 amide bonds. The van der Waals surface area contributed by atoms with Gasteiger partial charge < -0.3 is 10.6 Å². The van der Waals surface area contributed by atoms with E-state index >= 15 is 0 Å². The molecule has 126 valence electrons. The number of nitrogens with one attached hydrogen (secondary N) is 2. The summed E-state index contributed by atoms with van der Waals surface area (Å²) < 4.78 is 0. The molecule has 0 spiro atoms. The van der Waals surface area contributed by atoms with Gasteiger partial charge in [0.25, 0.3) is 0 Å². The standard InChI is InChI=1S/C17H24N4S.HI/c1-4-15-13(2)22-16(21-15)10-11-19-17(18-3)20-12-14-8-6-5-7-9-14;/h5-9H,4,10-12H2,1-3H3,(H2,18,19,20);1H. The van der Waals surface area contributed by atoms with Gasteiger partial charge in [-0.3, -0.25) is 4.99 Å². The molecule has 0 bridgehead atoms. The zero-order chi connectivity index (χ0) is 15.8. The van der Waals surface area contributed by atoms with E-state index < -0.39 is 0 Å². The Morgan fingerprint density at radius 2 is 1.96 bits per heavy atom. The zero-order valence-electron chi connectivity index (χ0n) is 13.9. The normalized spacial score (nSPS) is 11.0. The predicted molar refractivity (Wildman–Crippen MR) is 110 cm³/mol. The average Bonchev–Trinajstić information content (AvgIpc) is 2.91. The number of thiazole rings is 1. The summed E-state index contributed by atoms with van der Waals surface area (Å²) in [4.78, 5) is 10.3. The van der Waals surface area contributed by atoms with Crippen LogP contribution in [0, 0.1) is 6.92 Å². The van der Waals surface area contributed by atoms with Crippen molar-refractivity contribution in [2.75, 3.05) is 13.6 Å². The van der Waals surface area contributed by atoms with Gasteiger partial charge in [0.15, 0.2) is 5.96 Å². The molecular weight excluding hydrogens is 419 g/mol.